The Bertz CT molecular complexity index is 341. The van der Waals surface area contributed by atoms with Crippen LogP contribution in [-0.2, 0) is 6.42 Å². The minimum atomic E-state index is 0.276. The SMILES string of the molecule is Cc1noc2c1C(CN)C(C)(C)CC2. The van der Waals surface area contributed by atoms with Crippen molar-refractivity contribution in [1.82, 2.24) is 5.16 Å². The zero-order chi connectivity index (χ0) is 10.3. The summed E-state index contributed by atoms with van der Waals surface area (Å²) in [7, 11) is 0. The van der Waals surface area contributed by atoms with Crippen molar-refractivity contribution in [3.63, 3.8) is 0 Å². The van der Waals surface area contributed by atoms with Crippen molar-refractivity contribution in [1.29, 1.82) is 0 Å². The summed E-state index contributed by atoms with van der Waals surface area (Å²) in [6.45, 7) is 7.24. The number of aromatic nitrogens is 1. The molecule has 1 aliphatic carbocycles. The van der Waals surface area contributed by atoms with Gasteiger partial charge in [0.05, 0.1) is 5.69 Å². The molecule has 0 radical (unpaired) electrons. The maximum atomic E-state index is 5.85. The van der Waals surface area contributed by atoms with Crippen LogP contribution in [0.15, 0.2) is 4.52 Å². The van der Waals surface area contributed by atoms with Gasteiger partial charge in [-0.2, -0.15) is 0 Å². The van der Waals surface area contributed by atoms with Crippen LogP contribution in [0.5, 0.6) is 0 Å². The van der Waals surface area contributed by atoms with Gasteiger partial charge in [0, 0.05) is 17.9 Å². The molecule has 2 rings (SSSR count). The largest absolute Gasteiger partial charge is 0.361 e. The summed E-state index contributed by atoms with van der Waals surface area (Å²) in [5.74, 6) is 1.45. The van der Waals surface area contributed by atoms with Gasteiger partial charge in [0.2, 0.25) is 0 Å². The molecule has 0 spiro atoms. The maximum Gasteiger partial charge on any atom is 0.140 e. The molecule has 1 aromatic rings. The predicted molar refractivity (Wildman–Crippen MR) is 55.1 cm³/mol. The predicted octanol–water partition coefficient (Wildman–Crippen LogP) is 2.00. The minimum Gasteiger partial charge on any atom is -0.361 e. The Kier molecular flexibility index (Phi) is 2.14. The molecule has 0 bridgehead atoms. The molecule has 0 amide bonds. The Balaban J connectivity index is 2.48. The molecule has 78 valence electrons. The first kappa shape index (κ1) is 9.71. The number of hydrogen-bond acceptors (Lipinski definition) is 3. The second kappa shape index (κ2) is 3.09. The van der Waals surface area contributed by atoms with Gasteiger partial charge in [-0.25, -0.2) is 0 Å². The smallest absolute Gasteiger partial charge is 0.140 e. The summed E-state index contributed by atoms with van der Waals surface area (Å²) in [4.78, 5) is 0. The third-order valence-electron chi connectivity index (χ3n) is 3.51. The fourth-order valence-corrected chi connectivity index (χ4v) is 2.49. The molecule has 14 heavy (non-hydrogen) atoms. The molecule has 1 atom stereocenters. The van der Waals surface area contributed by atoms with E-state index in [-0.39, 0.29) is 5.41 Å². The standard InChI is InChI=1S/C11H18N2O/c1-7-10-8(6-12)11(2,3)5-4-9(10)14-13-7/h8H,4-6,12H2,1-3H3. The summed E-state index contributed by atoms with van der Waals surface area (Å²) >= 11 is 0. The highest BCUT2D eigenvalue weighted by atomic mass is 16.5. The Morgan fingerprint density at radius 2 is 2.29 bits per heavy atom. The van der Waals surface area contributed by atoms with Crippen molar-refractivity contribution in [2.45, 2.75) is 39.5 Å². The highest BCUT2D eigenvalue weighted by Gasteiger charge is 2.38. The van der Waals surface area contributed by atoms with E-state index < -0.39 is 0 Å². The zero-order valence-corrected chi connectivity index (χ0v) is 9.13. The van der Waals surface area contributed by atoms with Crippen molar-refractivity contribution in [3.8, 4) is 0 Å². The van der Waals surface area contributed by atoms with E-state index in [2.05, 4.69) is 19.0 Å². The van der Waals surface area contributed by atoms with Gasteiger partial charge < -0.3 is 10.3 Å². The molecule has 3 nitrogen and oxygen atoms in total. The van der Waals surface area contributed by atoms with E-state index in [9.17, 15) is 0 Å². The van der Waals surface area contributed by atoms with Crippen LogP contribution in [0.25, 0.3) is 0 Å². The number of fused-ring (bicyclic) bond motifs is 1. The Morgan fingerprint density at radius 3 is 2.93 bits per heavy atom. The van der Waals surface area contributed by atoms with E-state index in [0.29, 0.717) is 12.5 Å². The zero-order valence-electron chi connectivity index (χ0n) is 9.13. The molecule has 0 aromatic carbocycles. The number of aryl methyl sites for hydroxylation is 2. The fraction of sp³-hybridized carbons (Fsp3) is 0.727. The molecule has 0 saturated carbocycles. The van der Waals surface area contributed by atoms with Crippen molar-refractivity contribution < 1.29 is 4.52 Å². The van der Waals surface area contributed by atoms with Crippen LogP contribution >= 0.6 is 0 Å². The summed E-state index contributed by atoms with van der Waals surface area (Å²) in [6.07, 6.45) is 2.14. The van der Waals surface area contributed by atoms with E-state index in [4.69, 9.17) is 10.3 Å². The highest BCUT2D eigenvalue weighted by molar-refractivity contribution is 5.31. The minimum absolute atomic E-state index is 0.276. The number of nitrogens with two attached hydrogens (primary N) is 1. The molecule has 0 aliphatic heterocycles. The molecule has 0 fully saturated rings. The van der Waals surface area contributed by atoms with E-state index >= 15 is 0 Å². The monoisotopic (exact) mass is 194 g/mol. The average molecular weight is 194 g/mol. The van der Waals surface area contributed by atoms with Crippen molar-refractivity contribution >= 4 is 0 Å². The average Bonchev–Trinajstić information content (AvgIpc) is 2.47. The van der Waals surface area contributed by atoms with Crippen LogP contribution in [0.3, 0.4) is 0 Å². The fourth-order valence-electron chi connectivity index (χ4n) is 2.49. The van der Waals surface area contributed by atoms with Gasteiger partial charge in [-0.1, -0.05) is 19.0 Å². The Hall–Kier alpha value is -0.830. The molecule has 1 aromatic heterocycles. The van der Waals surface area contributed by atoms with E-state index in [1.165, 1.54) is 5.56 Å². The van der Waals surface area contributed by atoms with Crippen LogP contribution in [-0.4, -0.2) is 11.7 Å². The van der Waals surface area contributed by atoms with Gasteiger partial charge in [-0.15, -0.1) is 0 Å². The van der Waals surface area contributed by atoms with Crippen molar-refractivity contribution in [2.24, 2.45) is 11.1 Å². The number of nitrogens with zero attached hydrogens (tertiary/aromatic N) is 1. The third-order valence-corrected chi connectivity index (χ3v) is 3.51. The molecule has 1 heterocycles. The molecule has 1 unspecified atom stereocenters. The summed E-state index contributed by atoms with van der Waals surface area (Å²) in [6, 6.07) is 0. The van der Waals surface area contributed by atoms with Gasteiger partial charge in [-0.3, -0.25) is 0 Å². The topological polar surface area (TPSA) is 52.0 Å². The lowest BCUT2D eigenvalue weighted by molar-refractivity contribution is 0.230. The molecule has 2 N–H and O–H groups in total. The number of hydrogen-bond donors (Lipinski definition) is 1. The summed E-state index contributed by atoms with van der Waals surface area (Å²) in [5.41, 5.74) is 8.41. The quantitative estimate of drug-likeness (QED) is 0.744. The van der Waals surface area contributed by atoms with E-state index in [1.807, 2.05) is 6.92 Å². The van der Waals surface area contributed by atoms with Gasteiger partial charge in [-0.05, 0) is 25.3 Å². The van der Waals surface area contributed by atoms with Gasteiger partial charge in [0.1, 0.15) is 5.76 Å². The molecular weight excluding hydrogens is 176 g/mol. The van der Waals surface area contributed by atoms with Crippen molar-refractivity contribution in [2.75, 3.05) is 6.54 Å². The Labute approximate surface area is 84.7 Å². The first-order valence-electron chi connectivity index (χ1n) is 5.21. The highest BCUT2D eigenvalue weighted by Crippen LogP contribution is 2.45. The Morgan fingerprint density at radius 1 is 1.57 bits per heavy atom. The molecule has 0 saturated heterocycles. The second-order valence-corrected chi connectivity index (χ2v) is 4.88. The lowest BCUT2D eigenvalue weighted by atomic mass is 9.67. The number of rotatable bonds is 1. The second-order valence-electron chi connectivity index (χ2n) is 4.88. The van der Waals surface area contributed by atoms with Crippen LogP contribution < -0.4 is 5.73 Å². The summed E-state index contributed by atoms with van der Waals surface area (Å²) in [5, 5.41) is 4.03. The molecule has 1 aliphatic rings. The first-order chi connectivity index (χ1) is 6.56. The summed E-state index contributed by atoms with van der Waals surface area (Å²) < 4.78 is 5.31. The van der Waals surface area contributed by atoms with Crippen LogP contribution in [0.4, 0.5) is 0 Å². The molecular formula is C11H18N2O. The van der Waals surface area contributed by atoms with Crippen LogP contribution in [0.1, 0.15) is 43.2 Å². The van der Waals surface area contributed by atoms with Crippen LogP contribution in [0, 0.1) is 12.3 Å². The van der Waals surface area contributed by atoms with Crippen molar-refractivity contribution in [3.05, 3.63) is 17.0 Å². The molecule has 3 heteroatoms. The third kappa shape index (κ3) is 1.27. The van der Waals surface area contributed by atoms with Gasteiger partial charge >= 0.3 is 0 Å². The van der Waals surface area contributed by atoms with Gasteiger partial charge in [0.25, 0.3) is 0 Å². The lowest BCUT2D eigenvalue weighted by Crippen LogP contribution is -2.33. The lowest BCUT2D eigenvalue weighted by Gasteiger charge is -2.37. The van der Waals surface area contributed by atoms with E-state index in [0.717, 1.165) is 24.3 Å². The van der Waals surface area contributed by atoms with E-state index in [1.54, 1.807) is 0 Å². The maximum absolute atomic E-state index is 5.85. The normalized spacial score (nSPS) is 24.7. The first-order valence-corrected chi connectivity index (χ1v) is 5.21. The van der Waals surface area contributed by atoms with Gasteiger partial charge in [0.15, 0.2) is 0 Å². The van der Waals surface area contributed by atoms with Crippen LogP contribution in [0.2, 0.25) is 0 Å².